The van der Waals surface area contributed by atoms with Crippen LogP contribution in [0.2, 0.25) is 0 Å². The maximum absolute atomic E-state index is 14.0. The van der Waals surface area contributed by atoms with Crippen molar-refractivity contribution in [3.63, 3.8) is 0 Å². The van der Waals surface area contributed by atoms with Crippen LogP contribution in [0.15, 0.2) is 35.3 Å². The number of carbonyl (C=O) groups excluding carboxylic acids is 1. The summed E-state index contributed by atoms with van der Waals surface area (Å²) < 4.78 is 22.1. The molecule has 9 nitrogen and oxygen atoms in total. The zero-order chi connectivity index (χ0) is 26.9. The molecule has 2 aromatic heterocycles. The van der Waals surface area contributed by atoms with Crippen molar-refractivity contribution in [2.75, 3.05) is 25.1 Å². The van der Waals surface area contributed by atoms with Gasteiger partial charge in [0.15, 0.2) is 0 Å². The SMILES string of the molecule is CC[C@H]1CN(C(C)c2ccc(F)cc2C(=O)OC)[C@H](CC)CN1c1cc(=O)n(C)c2cn(CC#N)nc12. The molecule has 0 radical (unpaired) electrons. The summed E-state index contributed by atoms with van der Waals surface area (Å²) in [6.45, 7) is 7.69. The van der Waals surface area contributed by atoms with E-state index in [2.05, 4.69) is 34.8 Å². The molecule has 3 aromatic rings. The smallest absolute Gasteiger partial charge is 0.338 e. The number of rotatable bonds is 7. The van der Waals surface area contributed by atoms with Gasteiger partial charge >= 0.3 is 5.97 Å². The molecule has 1 saturated heterocycles. The molecular formula is C27H33FN6O3. The summed E-state index contributed by atoms with van der Waals surface area (Å²) >= 11 is 0. The molecule has 3 heterocycles. The minimum Gasteiger partial charge on any atom is -0.465 e. The van der Waals surface area contributed by atoms with E-state index >= 15 is 0 Å². The minimum absolute atomic E-state index is 0.0729. The second-order valence-electron chi connectivity index (χ2n) is 9.52. The number of halogens is 1. The molecule has 0 saturated carbocycles. The molecule has 1 aromatic carbocycles. The van der Waals surface area contributed by atoms with E-state index in [4.69, 9.17) is 10.00 Å². The summed E-state index contributed by atoms with van der Waals surface area (Å²) in [5.74, 6) is -1.04. The number of piperazine rings is 1. The second-order valence-corrected chi connectivity index (χ2v) is 9.52. The summed E-state index contributed by atoms with van der Waals surface area (Å²) in [4.78, 5) is 29.9. The number of hydrogen-bond donors (Lipinski definition) is 0. The highest BCUT2D eigenvalue weighted by atomic mass is 19.1. The van der Waals surface area contributed by atoms with Gasteiger partial charge < -0.3 is 14.2 Å². The molecule has 1 aliphatic rings. The molecule has 0 aliphatic carbocycles. The van der Waals surface area contributed by atoms with Crippen molar-refractivity contribution in [3.05, 3.63) is 57.8 Å². The lowest BCUT2D eigenvalue weighted by Gasteiger charge is -2.49. The highest BCUT2D eigenvalue weighted by Gasteiger charge is 2.37. The van der Waals surface area contributed by atoms with Gasteiger partial charge in [-0.15, -0.1) is 0 Å². The number of benzene rings is 1. The van der Waals surface area contributed by atoms with Crippen LogP contribution in [0, 0.1) is 17.1 Å². The number of fused-ring (bicyclic) bond motifs is 1. The Morgan fingerprint density at radius 3 is 2.62 bits per heavy atom. The maximum atomic E-state index is 14.0. The fraction of sp³-hybridized carbons (Fsp3) is 0.481. The fourth-order valence-electron chi connectivity index (χ4n) is 5.42. The van der Waals surface area contributed by atoms with Gasteiger partial charge in [-0.3, -0.25) is 14.4 Å². The first-order chi connectivity index (χ1) is 17.7. The van der Waals surface area contributed by atoms with E-state index in [1.54, 1.807) is 34.6 Å². The fourth-order valence-corrected chi connectivity index (χ4v) is 5.42. The number of carbonyl (C=O) groups is 1. The van der Waals surface area contributed by atoms with Crippen LogP contribution < -0.4 is 10.5 Å². The molecule has 0 bridgehead atoms. The van der Waals surface area contributed by atoms with Gasteiger partial charge in [0.2, 0.25) is 0 Å². The lowest BCUT2D eigenvalue weighted by Crippen LogP contribution is -2.59. The Morgan fingerprint density at radius 2 is 1.97 bits per heavy atom. The van der Waals surface area contributed by atoms with Crippen molar-refractivity contribution in [3.8, 4) is 6.07 Å². The number of ether oxygens (including phenoxy) is 1. The van der Waals surface area contributed by atoms with Crippen LogP contribution >= 0.6 is 0 Å². The van der Waals surface area contributed by atoms with Crippen LogP contribution in [0.25, 0.3) is 11.0 Å². The zero-order valence-electron chi connectivity index (χ0n) is 21.9. The van der Waals surface area contributed by atoms with E-state index in [1.165, 1.54) is 19.2 Å². The predicted octanol–water partition coefficient (Wildman–Crippen LogP) is 3.62. The van der Waals surface area contributed by atoms with Crippen LogP contribution in [0.1, 0.15) is 55.6 Å². The summed E-state index contributed by atoms with van der Waals surface area (Å²) in [6.07, 6.45) is 3.40. The molecular weight excluding hydrogens is 475 g/mol. The third-order valence-corrected chi connectivity index (χ3v) is 7.53. The number of nitriles is 1. The number of pyridine rings is 1. The number of methoxy groups -OCH3 is 1. The van der Waals surface area contributed by atoms with E-state index in [0.29, 0.717) is 24.1 Å². The van der Waals surface area contributed by atoms with Gasteiger partial charge in [-0.1, -0.05) is 19.9 Å². The summed E-state index contributed by atoms with van der Waals surface area (Å²) in [5, 5.41) is 13.8. The van der Waals surface area contributed by atoms with Gasteiger partial charge in [-0.25, -0.2) is 9.18 Å². The van der Waals surface area contributed by atoms with Crippen LogP contribution in [0.5, 0.6) is 0 Å². The first-order valence-electron chi connectivity index (χ1n) is 12.6. The average Bonchev–Trinajstić information content (AvgIpc) is 3.33. The van der Waals surface area contributed by atoms with E-state index in [9.17, 15) is 14.0 Å². The minimum atomic E-state index is -0.560. The van der Waals surface area contributed by atoms with Gasteiger partial charge in [0.25, 0.3) is 5.56 Å². The quantitative estimate of drug-likeness (QED) is 0.450. The normalized spacial score (nSPS) is 19.1. The molecule has 196 valence electrons. The lowest BCUT2D eigenvalue weighted by atomic mass is 9.94. The first-order valence-corrected chi connectivity index (χ1v) is 12.6. The highest BCUT2D eigenvalue weighted by molar-refractivity contribution is 5.91. The van der Waals surface area contributed by atoms with Gasteiger partial charge in [0.1, 0.15) is 17.9 Å². The molecule has 1 unspecified atom stereocenters. The predicted molar refractivity (Wildman–Crippen MR) is 139 cm³/mol. The average molecular weight is 509 g/mol. The number of esters is 1. The summed E-state index contributed by atoms with van der Waals surface area (Å²) in [7, 11) is 3.01. The van der Waals surface area contributed by atoms with Crippen molar-refractivity contribution >= 4 is 22.7 Å². The van der Waals surface area contributed by atoms with Gasteiger partial charge in [0.05, 0.1) is 36.1 Å². The van der Waals surface area contributed by atoms with Crippen molar-refractivity contribution in [1.29, 1.82) is 5.26 Å². The molecule has 0 N–H and O–H groups in total. The third kappa shape index (κ3) is 4.83. The van der Waals surface area contributed by atoms with E-state index in [-0.39, 0.29) is 35.8 Å². The largest absolute Gasteiger partial charge is 0.465 e. The molecule has 37 heavy (non-hydrogen) atoms. The molecule has 10 heteroatoms. The number of aromatic nitrogens is 3. The Kier molecular flexibility index (Phi) is 7.64. The van der Waals surface area contributed by atoms with Crippen LogP contribution in [-0.4, -0.2) is 57.5 Å². The third-order valence-electron chi connectivity index (χ3n) is 7.53. The monoisotopic (exact) mass is 508 g/mol. The van der Waals surface area contributed by atoms with Crippen LogP contribution in [0.3, 0.4) is 0 Å². The Bertz CT molecular complexity index is 1410. The van der Waals surface area contributed by atoms with Gasteiger partial charge in [0, 0.05) is 44.3 Å². The van der Waals surface area contributed by atoms with E-state index in [0.717, 1.165) is 24.1 Å². The second kappa shape index (κ2) is 10.7. The molecule has 4 rings (SSSR count). The molecule has 1 fully saturated rings. The zero-order valence-corrected chi connectivity index (χ0v) is 21.9. The van der Waals surface area contributed by atoms with Crippen LogP contribution in [-0.2, 0) is 18.3 Å². The Hall–Kier alpha value is -3.71. The van der Waals surface area contributed by atoms with Gasteiger partial charge in [-0.2, -0.15) is 10.4 Å². The van der Waals surface area contributed by atoms with Crippen molar-refractivity contribution in [2.24, 2.45) is 7.05 Å². The van der Waals surface area contributed by atoms with E-state index < -0.39 is 11.8 Å². The van der Waals surface area contributed by atoms with Crippen molar-refractivity contribution < 1.29 is 13.9 Å². The van der Waals surface area contributed by atoms with Gasteiger partial charge in [-0.05, 0) is 37.5 Å². The van der Waals surface area contributed by atoms with E-state index in [1.807, 2.05) is 6.92 Å². The number of aryl methyl sites for hydroxylation is 1. The number of anilines is 1. The first kappa shape index (κ1) is 26.4. The molecule has 1 aliphatic heterocycles. The van der Waals surface area contributed by atoms with Crippen molar-refractivity contribution in [1.82, 2.24) is 19.2 Å². The molecule has 0 spiro atoms. The maximum Gasteiger partial charge on any atom is 0.338 e. The molecule has 0 amide bonds. The number of hydrogen-bond acceptors (Lipinski definition) is 7. The lowest BCUT2D eigenvalue weighted by molar-refractivity contribution is 0.0589. The topological polar surface area (TPSA) is 96.4 Å². The Morgan fingerprint density at radius 1 is 1.24 bits per heavy atom. The number of nitrogens with zero attached hydrogens (tertiary/aromatic N) is 6. The standard InChI is InChI=1S/C27H33FN6O3/c1-6-19-15-34(23-13-25(35)31(4)24-16-32(11-10-29)30-26(23)24)20(7-2)14-33(19)17(3)21-9-8-18(28)12-22(21)27(36)37-5/h8-9,12-13,16-17,19-20H,6-7,11,14-15H2,1-5H3/t17?,19-,20+/m1/s1. The Labute approximate surface area is 215 Å². The summed E-state index contributed by atoms with van der Waals surface area (Å²) in [6, 6.07) is 8.04. The Balaban J connectivity index is 1.74. The highest BCUT2D eigenvalue weighted by Crippen LogP contribution is 2.35. The summed E-state index contributed by atoms with van der Waals surface area (Å²) in [5.41, 5.74) is 2.97. The van der Waals surface area contributed by atoms with Crippen molar-refractivity contribution in [2.45, 2.75) is 58.3 Å². The van der Waals surface area contributed by atoms with Crippen LogP contribution in [0.4, 0.5) is 10.1 Å². The molecule has 3 atom stereocenters.